The van der Waals surface area contributed by atoms with E-state index in [1.54, 1.807) is 0 Å². The van der Waals surface area contributed by atoms with Gasteiger partial charge in [-0.15, -0.1) is 0 Å². The van der Waals surface area contributed by atoms with Crippen LogP contribution in [0.25, 0.3) is 0 Å². The minimum absolute atomic E-state index is 0.385. The Morgan fingerprint density at radius 1 is 0.692 bits per heavy atom. The molecule has 1 aromatic carbocycles. The van der Waals surface area contributed by atoms with E-state index in [0.717, 1.165) is 30.2 Å². The van der Waals surface area contributed by atoms with Crippen molar-refractivity contribution in [1.29, 1.82) is 0 Å². The molecule has 0 aliphatic heterocycles. The molecule has 1 nitrogen and oxygen atoms in total. The van der Waals surface area contributed by atoms with Gasteiger partial charge in [0.25, 0.3) is 0 Å². The minimum atomic E-state index is 0.385. The van der Waals surface area contributed by atoms with E-state index in [2.05, 4.69) is 53.7 Å². The first-order valence-electron chi connectivity index (χ1n) is 11.2. The summed E-state index contributed by atoms with van der Waals surface area (Å²) in [6.45, 7) is 13.6. The van der Waals surface area contributed by atoms with Crippen molar-refractivity contribution in [3.05, 3.63) is 28.8 Å². The molecule has 0 fully saturated rings. The van der Waals surface area contributed by atoms with Crippen molar-refractivity contribution in [3.8, 4) is 5.75 Å². The first kappa shape index (κ1) is 23.1. The van der Waals surface area contributed by atoms with Gasteiger partial charge in [0.1, 0.15) is 5.75 Å². The predicted molar refractivity (Wildman–Crippen MR) is 116 cm³/mol. The molecule has 0 unspecified atom stereocenters. The fourth-order valence-corrected chi connectivity index (χ4v) is 3.67. The topological polar surface area (TPSA) is 20.2 Å². The standard InChI is InChI=1S/C25H44O/c1-19(2)13-9-7-11-15-22-17-23(16-12-8-10-14-20(3)4)25(26)24(18-22)21(5)6/h17-21,26H,7-16H2,1-6H3. The highest BCUT2D eigenvalue weighted by Crippen LogP contribution is 2.32. The number of aromatic hydroxyl groups is 1. The summed E-state index contributed by atoms with van der Waals surface area (Å²) < 4.78 is 0. The van der Waals surface area contributed by atoms with Gasteiger partial charge in [0.05, 0.1) is 0 Å². The van der Waals surface area contributed by atoms with Gasteiger partial charge in [-0.3, -0.25) is 0 Å². The van der Waals surface area contributed by atoms with Crippen LogP contribution < -0.4 is 0 Å². The van der Waals surface area contributed by atoms with Crippen LogP contribution >= 0.6 is 0 Å². The van der Waals surface area contributed by atoms with Gasteiger partial charge in [-0.1, -0.05) is 92.2 Å². The van der Waals surface area contributed by atoms with Crippen molar-refractivity contribution < 1.29 is 5.11 Å². The van der Waals surface area contributed by atoms with Crippen molar-refractivity contribution in [2.45, 2.75) is 112 Å². The van der Waals surface area contributed by atoms with Crippen LogP contribution in [0, 0.1) is 11.8 Å². The largest absolute Gasteiger partial charge is 0.507 e. The molecule has 0 amide bonds. The van der Waals surface area contributed by atoms with Crippen LogP contribution in [0.15, 0.2) is 12.1 Å². The van der Waals surface area contributed by atoms with Crippen molar-refractivity contribution in [2.24, 2.45) is 11.8 Å². The van der Waals surface area contributed by atoms with Gasteiger partial charge in [0.15, 0.2) is 0 Å². The lowest BCUT2D eigenvalue weighted by Gasteiger charge is -2.16. The minimum Gasteiger partial charge on any atom is -0.507 e. The zero-order valence-corrected chi connectivity index (χ0v) is 18.4. The smallest absolute Gasteiger partial charge is 0.122 e. The molecule has 1 rings (SSSR count). The first-order chi connectivity index (χ1) is 12.3. The summed E-state index contributed by atoms with van der Waals surface area (Å²) >= 11 is 0. The Hall–Kier alpha value is -0.980. The van der Waals surface area contributed by atoms with Gasteiger partial charge in [-0.25, -0.2) is 0 Å². The number of hydrogen-bond donors (Lipinski definition) is 1. The zero-order chi connectivity index (χ0) is 19.5. The highest BCUT2D eigenvalue weighted by molar-refractivity contribution is 5.45. The van der Waals surface area contributed by atoms with E-state index in [1.807, 2.05) is 0 Å². The fourth-order valence-electron chi connectivity index (χ4n) is 3.67. The van der Waals surface area contributed by atoms with E-state index in [9.17, 15) is 5.11 Å². The number of phenolic OH excluding ortho intramolecular Hbond substituents is 1. The Morgan fingerprint density at radius 3 is 1.73 bits per heavy atom. The lowest BCUT2D eigenvalue weighted by molar-refractivity contribution is 0.454. The molecule has 1 heteroatoms. The molecule has 0 saturated heterocycles. The van der Waals surface area contributed by atoms with Crippen molar-refractivity contribution in [1.82, 2.24) is 0 Å². The van der Waals surface area contributed by atoms with Gasteiger partial charge in [0.2, 0.25) is 0 Å². The van der Waals surface area contributed by atoms with Crippen LogP contribution in [-0.2, 0) is 12.8 Å². The lowest BCUT2D eigenvalue weighted by atomic mass is 9.91. The van der Waals surface area contributed by atoms with Gasteiger partial charge < -0.3 is 5.11 Å². The molecule has 1 aromatic rings. The molecule has 0 atom stereocenters. The maximum Gasteiger partial charge on any atom is 0.122 e. The molecular weight excluding hydrogens is 316 g/mol. The molecule has 0 spiro atoms. The summed E-state index contributed by atoms with van der Waals surface area (Å²) in [5.74, 6) is 2.57. The number of benzene rings is 1. The number of phenols is 1. The summed E-state index contributed by atoms with van der Waals surface area (Å²) in [5, 5.41) is 10.7. The second-order valence-corrected chi connectivity index (χ2v) is 9.33. The molecule has 0 aliphatic carbocycles. The Kier molecular flexibility index (Phi) is 11.0. The second kappa shape index (κ2) is 12.4. The summed E-state index contributed by atoms with van der Waals surface area (Å²) in [6.07, 6.45) is 12.5. The van der Waals surface area contributed by atoms with Crippen LogP contribution in [0.2, 0.25) is 0 Å². The maximum absolute atomic E-state index is 10.7. The van der Waals surface area contributed by atoms with E-state index in [0.29, 0.717) is 11.7 Å². The third-order valence-corrected chi connectivity index (χ3v) is 5.37. The zero-order valence-electron chi connectivity index (χ0n) is 18.4. The fraction of sp³-hybridized carbons (Fsp3) is 0.760. The predicted octanol–water partition coefficient (Wildman–Crippen LogP) is 8.03. The number of hydrogen-bond acceptors (Lipinski definition) is 1. The van der Waals surface area contributed by atoms with E-state index in [1.165, 1.54) is 62.5 Å². The Bertz CT molecular complexity index is 499. The van der Waals surface area contributed by atoms with Gasteiger partial charge in [-0.2, -0.15) is 0 Å². The Labute approximate surface area is 163 Å². The monoisotopic (exact) mass is 360 g/mol. The van der Waals surface area contributed by atoms with E-state index < -0.39 is 0 Å². The Balaban J connectivity index is 2.62. The number of rotatable bonds is 13. The van der Waals surface area contributed by atoms with Crippen LogP contribution in [0.5, 0.6) is 5.75 Å². The molecular formula is C25H44O. The molecule has 0 heterocycles. The normalized spacial score (nSPS) is 11.9. The van der Waals surface area contributed by atoms with Crippen molar-refractivity contribution in [3.63, 3.8) is 0 Å². The summed E-state index contributed by atoms with van der Waals surface area (Å²) in [4.78, 5) is 0. The Morgan fingerprint density at radius 2 is 1.23 bits per heavy atom. The van der Waals surface area contributed by atoms with Crippen LogP contribution in [0.3, 0.4) is 0 Å². The molecule has 0 radical (unpaired) electrons. The SMILES string of the molecule is CC(C)CCCCCc1cc(CCCCCC(C)C)c(O)c(C(C)C)c1. The average molecular weight is 361 g/mol. The summed E-state index contributed by atoms with van der Waals surface area (Å²) in [6, 6.07) is 4.54. The molecule has 0 aliphatic rings. The molecule has 150 valence electrons. The quantitative estimate of drug-likeness (QED) is 0.353. The molecule has 0 saturated carbocycles. The van der Waals surface area contributed by atoms with Crippen molar-refractivity contribution >= 4 is 0 Å². The lowest BCUT2D eigenvalue weighted by Crippen LogP contribution is -1.99. The third kappa shape index (κ3) is 9.10. The first-order valence-corrected chi connectivity index (χ1v) is 11.2. The summed E-state index contributed by atoms with van der Waals surface area (Å²) in [7, 11) is 0. The third-order valence-electron chi connectivity index (χ3n) is 5.37. The molecule has 26 heavy (non-hydrogen) atoms. The average Bonchev–Trinajstić information content (AvgIpc) is 2.55. The van der Waals surface area contributed by atoms with E-state index >= 15 is 0 Å². The number of aryl methyl sites for hydroxylation is 2. The van der Waals surface area contributed by atoms with E-state index in [-0.39, 0.29) is 0 Å². The summed E-state index contributed by atoms with van der Waals surface area (Å²) in [5.41, 5.74) is 3.74. The van der Waals surface area contributed by atoms with Crippen LogP contribution in [0.4, 0.5) is 0 Å². The van der Waals surface area contributed by atoms with Crippen LogP contribution in [0.1, 0.15) is 116 Å². The second-order valence-electron chi connectivity index (χ2n) is 9.33. The molecule has 0 aromatic heterocycles. The highest BCUT2D eigenvalue weighted by Gasteiger charge is 2.13. The maximum atomic E-state index is 10.7. The number of unbranched alkanes of at least 4 members (excludes halogenated alkanes) is 4. The van der Waals surface area contributed by atoms with E-state index in [4.69, 9.17) is 0 Å². The van der Waals surface area contributed by atoms with Gasteiger partial charge >= 0.3 is 0 Å². The molecule has 0 bridgehead atoms. The highest BCUT2D eigenvalue weighted by atomic mass is 16.3. The van der Waals surface area contributed by atoms with Gasteiger partial charge in [-0.05, 0) is 60.1 Å². The molecule has 1 N–H and O–H groups in total. The van der Waals surface area contributed by atoms with Crippen LogP contribution in [-0.4, -0.2) is 5.11 Å². The van der Waals surface area contributed by atoms with Crippen molar-refractivity contribution in [2.75, 3.05) is 0 Å². The van der Waals surface area contributed by atoms with Gasteiger partial charge in [0, 0.05) is 0 Å².